The Morgan fingerprint density at radius 2 is 2.11 bits per heavy atom. The van der Waals surface area contributed by atoms with E-state index in [1.165, 1.54) is 10.6 Å². The largest absolute Gasteiger partial charge is 0.486 e. The fourth-order valence-corrected chi connectivity index (χ4v) is 3.19. The number of nitrogens with zero attached hydrogens (tertiary/aromatic N) is 2. The number of halogens is 1. The lowest BCUT2D eigenvalue weighted by Gasteiger charge is -2.20. The van der Waals surface area contributed by atoms with E-state index in [0.717, 1.165) is 5.56 Å². The number of carbonyl (C=O) groups excluding carboxylic acids is 1. The van der Waals surface area contributed by atoms with Crippen LogP contribution in [-0.2, 0) is 6.42 Å². The molecule has 1 N–H and O–H groups in total. The van der Waals surface area contributed by atoms with Crippen molar-refractivity contribution in [3.63, 3.8) is 0 Å². The van der Waals surface area contributed by atoms with E-state index in [9.17, 15) is 9.59 Å². The zero-order valence-electron chi connectivity index (χ0n) is 14.3. The first-order valence-electron chi connectivity index (χ1n) is 8.46. The highest BCUT2D eigenvalue weighted by Crippen LogP contribution is 2.38. The number of ether oxygens (including phenoxy) is 2. The predicted molar refractivity (Wildman–Crippen MR) is 99.9 cm³/mol. The van der Waals surface area contributed by atoms with E-state index in [-0.39, 0.29) is 5.56 Å². The summed E-state index contributed by atoms with van der Waals surface area (Å²) < 4.78 is 12.4. The summed E-state index contributed by atoms with van der Waals surface area (Å²) in [5, 5.41) is 3.22. The Hall–Kier alpha value is -3.06. The van der Waals surface area contributed by atoms with Gasteiger partial charge in [-0.1, -0.05) is 17.7 Å². The van der Waals surface area contributed by atoms with E-state index < -0.39 is 11.5 Å². The van der Waals surface area contributed by atoms with Crippen LogP contribution in [0.15, 0.2) is 47.5 Å². The molecule has 0 saturated carbocycles. The first-order valence-corrected chi connectivity index (χ1v) is 8.84. The number of benzene rings is 1. The molecule has 3 heterocycles. The van der Waals surface area contributed by atoms with Crippen LogP contribution in [0.25, 0.3) is 5.65 Å². The molecule has 2 aromatic heterocycles. The van der Waals surface area contributed by atoms with Crippen molar-refractivity contribution in [2.75, 3.05) is 19.8 Å². The molecule has 138 valence electrons. The van der Waals surface area contributed by atoms with Crippen molar-refractivity contribution in [2.45, 2.75) is 6.42 Å². The average molecular weight is 386 g/mol. The lowest BCUT2D eigenvalue weighted by Crippen LogP contribution is -2.32. The summed E-state index contributed by atoms with van der Waals surface area (Å²) in [7, 11) is 0. The molecule has 1 aliphatic heterocycles. The molecule has 1 amide bonds. The number of hydrogen-bond acceptors (Lipinski definition) is 5. The molecule has 8 heteroatoms. The normalized spacial score (nSPS) is 12.8. The number of nitrogens with one attached hydrogen (secondary N) is 1. The lowest BCUT2D eigenvalue weighted by atomic mass is 10.1. The number of pyridine rings is 1. The fraction of sp³-hybridized carbons (Fsp3) is 0.211. The molecular formula is C19H16ClN3O4. The summed E-state index contributed by atoms with van der Waals surface area (Å²) in [6.07, 6.45) is 3.41. The molecule has 1 aliphatic rings. The molecular weight excluding hydrogens is 370 g/mol. The number of rotatable bonds is 4. The highest BCUT2D eigenvalue weighted by Gasteiger charge is 2.17. The van der Waals surface area contributed by atoms with E-state index in [4.69, 9.17) is 21.1 Å². The molecule has 0 atom stereocenters. The number of fused-ring (bicyclic) bond motifs is 2. The van der Waals surface area contributed by atoms with Crippen LogP contribution in [0.2, 0.25) is 5.02 Å². The van der Waals surface area contributed by atoms with Gasteiger partial charge >= 0.3 is 0 Å². The van der Waals surface area contributed by atoms with Crippen LogP contribution in [0, 0.1) is 0 Å². The maximum Gasteiger partial charge on any atom is 0.270 e. The quantitative estimate of drug-likeness (QED) is 0.743. The molecule has 4 rings (SSSR count). The summed E-state index contributed by atoms with van der Waals surface area (Å²) in [6.45, 7) is 1.28. The van der Waals surface area contributed by atoms with Crippen LogP contribution in [0.3, 0.4) is 0 Å². The maximum atomic E-state index is 12.4. The van der Waals surface area contributed by atoms with Crippen LogP contribution in [0.4, 0.5) is 0 Å². The Morgan fingerprint density at radius 3 is 3.00 bits per heavy atom. The van der Waals surface area contributed by atoms with Crippen molar-refractivity contribution < 1.29 is 14.3 Å². The van der Waals surface area contributed by atoms with Crippen molar-refractivity contribution in [1.82, 2.24) is 14.7 Å². The minimum atomic E-state index is -0.464. The van der Waals surface area contributed by atoms with Crippen molar-refractivity contribution in [3.05, 3.63) is 69.2 Å². The Kier molecular flexibility index (Phi) is 4.68. The first-order chi connectivity index (χ1) is 13.1. The van der Waals surface area contributed by atoms with Gasteiger partial charge in [0.1, 0.15) is 24.4 Å². The van der Waals surface area contributed by atoms with Crippen molar-refractivity contribution in [2.24, 2.45) is 0 Å². The molecule has 0 aliphatic carbocycles. The Morgan fingerprint density at radius 1 is 1.26 bits per heavy atom. The van der Waals surface area contributed by atoms with E-state index in [2.05, 4.69) is 10.3 Å². The molecule has 3 aromatic rings. The number of carbonyl (C=O) groups is 1. The first kappa shape index (κ1) is 17.4. The molecule has 0 unspecified atom stereocenters. The zero-order valence-corrected chi connectivity index (χ0v) is 15.0. The third-order valence-corrected chi connectivity index (χ3v) is 4.49. The number of aromatic nitrogens is 2. The van der Waals surface area contributed by atoms with Crippen LogP contribution in [0.1, 0.15) is 15.9 Å². The van der Waals surface area contributed by atoms with E-state index >= 15 is 0 Å². The minimum Gasteiger partial charge on any atom is -0.486 e. The SMILES string of the molecule is O=C(NCCc1cc(Cl)c2c(c1)OCCO2)c1cnc2ccccn2c1=O. The Labute approximate surface area is 159 Å². The molecule has 0 spiro atoms. The second kappa shape index (κ2) is 7.28. The summed E-state index contributed by atoms with van der Waals surface area (Å²) in [5.41, 5.74) is 0.988. The van der Waals surface area contributed by atoms with Gasteiger partial charge in [0, 0.05) is 18.9 Å². The van der Waals surface area contributed by atoms with Gasteiger partial charge in [-0.25, -0.2) is 4.98 Å². The zero-order chi connectivity index (χ0) is 18.8. The van der Waals surface area contributed by atoms with Crippen molar-refractivity contribution in [1.29, 1.82) is 0 Å². The van der Waals surface area contributed by atoms with Crippen LogP contribution in [0.5, 0.6) is 11.5 Å². The smallest absolute Gasteiger partial charge is 0.270 e. The summed E-state index contributed by atoms with van der Waals surface area (Å²) >= 11 is 6.22. The highest BCUT2D eigenvalue weighted by molar-refractivity contribution is 6.32. The van der Waals surface area contributed by atoms with Gasteiger partial charge in [0.25, 0.3) is 11.5 Å². The van der Waals surface area contributed by atoms with Crippen molar-refractivity contribution in [3.8, 4) is 11.5 Å². The molecule has 0 fully saturated rings. The molecule has 1 aromatic carbocycles. The molecule has 7 nitrogen and oxygen atoms in total. The Bertz CT molecular complexity index is 1080. The van der Waals surface area contributed by atoms with Gasteiger partial charge < -0.3 is 14.8 Å². The molecule has 0 saturated heterocycles. The van der Waals surface area contributed by atoms with E-state index in [1.807, 2.05) is 6.07 Å². The van der Waals surface area contributed by atoms with Gasteiger partial charge in [0.2, 0.25) is 0 Å². The maximum absolute atomic E-state index is 12.4. The average Bonchev–Trinajstić information content (AvgIpc) is 2.68. The topological polar surface area (TPSA) is 81.9 Å². The summed E-state index contributed by atoms with van der Waals surface area (Å²) in [5.74, 6) is 0.687. The van der Waals surface area contributed by atoms with Crippen LogP contribution < -0.4 is 20.3 Å². The lowest BCUT2D eigenvalue weighted by molar-refractivity contribution is 0.0952. The molecule has 0 radical (unpaired) electrons. The van der Waals surface area contributed by atoms with E-state index in [0.29, 0.717) is 48.3 Å². The third-order valence-electron chi connectivity index (χ3n) is 4.21. The van der Waals surface area contributed by atoms with E-state index in [1.54, 1.807) is 30.5 Å². The summed E-state index contributed by atoms with van der Waals surface area (Å²) in [4.78, 5) is 28.9. The monoisotopic (exact) mass is 385 g/mol. The standard InChI is InChI=1S/C19H16ClN3O4/c20-14-9-12(10-15-17(14)27-8-7-26-15)4-5-21-18(24)13-11-22-16-3-1-2-6-23(16)19(13)25/h1-3,6,9-11H,4-5,7-8H2,(H,21,24). The Balaban J connectivity index is 1.45. The second-order valence-corrected chi connectivity index (χ2v) is 6.42. The molecule has 0 bridgehead atoms. The van der Waals surface area contributed by atoms with Gasteiger partial charge in [-0.15, -0.1) is 0 Å². The predicted octanol–water partition coefficient (Wildman–Crippen LogP) is 2.09. The van der Waals surface area contributed by atoms with Crippen LogP contribution >= 0.6 is 11.6 Å². The van der Waals surface area contributed by atoms with Gasteiger partial charge in [-0.3, -0.25) is 14.0 Å². The summed E-state index contributed by atoms with van der Waals surface area (Å²) in [6, 6.07) is 8.82. The number of amides is 1. The van der Waals surface area contributed by atoms with Gasteiger partial charge in [-0.2, -0.15) is 0 Å². The van der Waals surface area contributed by atoms with Gasteiger partial charge in [-0.05, 0) is 36.2 Å². The minimum absolute atomic E-state index is 0.00101. The van der Waals surface area contributed by atoms with Gasteiger partial charge in [0.05, 0.1) is 5.02 Å². The third kappa shape index (κ3) is 3.46. The highest BCUT2D eigenvalue weighted by atomic mass is 35.5. The number of hydrogen-bond donors (Lipinski definition) is 1. The fourth-order valence-electron chi connectivity index (χ4n) is 2.91. The second-order valence-electron chi connectivity index (χ2n) is 6.01. The van der Waals surface area contributed by atoms with Crippen molar-refractivity contribution >= 4 is 23.2 Å². The molecule has 27 heavy (non-hydrogen) atoms. The van der Waals surface area contributed by atoms with Crippen LogP contribution in [-0.4, -0.2) is 35.1 Å². The van der Waals surface area contributed by atoms with Gasteiger partial charge in [0.15, 0.2) is 11.5 Å².